The van der Waals surface area contributed by atoms with Crippen molar-refractivity contribution < 1.29 is 10.2 Å². The van der Waals surface area contributed by atoms with Gasteiger partial charge in [-0.3, -0.25) is 0 Å². The van der Waals surface area contributed by atoms with E-state index in [2.05, 4.69) is 42.8 Å². The molecular formula is C15H26N8O2. The van der Waals surface area contributed by atoms with Gasteiger partial charge in [-0.2, -0.15) is 9.97 Å². The van der Waals surface area contributed by atoms with Crippen molar-refractivity contribution >= 4 is 34.6 Å². The van der Waals surface area contributed by atoms with Crippen molar-refractivity contribution in [3.8, 4) is 0 Å². The SMILES string of the molecule is CCCNc1nc(NC)c2nc(N(CCO)CCO)nc(NC)c2n1. The van der Waals surface area contributed by atoms with Crippen LogP contribution in [0, 0.1) is 0 Å². The fourth-order valence-electron chi connectivity index (χ4n) is 2.36. The van der Waals surface area contributed by atoms with Crippen LogP contribution in [0.4, 0.5) is 23.5 Å². The molecule has 25 heavy (non-hydrogen) atoms. The molecule has 10 nitrogen and oxygen atoms in total. The average molecular weight is 350 g/mol. The van der Waals surface area contributed by atoms with Gasteiger partial charge in [0, 0.05) is 33.7 Å². The maximum absolute atomic E-state index is 9.24. The van der Waals surface area contributed by atoms with Gasteiger partial charge >= 0.3 is 0 Å². The quantitative estimate of drug-likeness (QED) is 0.402. The molecule has 2 heterocycles. The minimum absolute atomic E-state index is 0.0639. The molecule has 0 saturated heterocycles. The highest BCUT2D eigenvalue weighted by atomic mass is 16.3. The Bertz CT molecular complexity index is 691. The Morgan fingerprint density at radius 1 is 0.880 bits per heavy atom. The monoisotopic (exact) mass is 350 g/mol. The average Bonchev–Trinajstić information content (AvgIpc) is 2.64. The molecule has 0 aromatic carbocycles. The summed E-state index contributed by atoms with van der Waals surface area (Å²) in [6, 6.07) is 0. The van der Waals surface area contributed by atoms with Gasteiger partial charge in [0.1, 0.15) is 11.0 Å². The molecule has 2 aromatic heterocycles. The van der Waals surface area contributed by atoms with Crippen LogP contribution in [0.1, 0.15) is 13.3 Å². The van der Waals surface area contributed by atoms with Crippen LogP contribution >= 0.6 is 0 Å². The van der Waals surface area contributed by atoms with E-state index in [4.69, 9.17) is 0 Å². The van der Waals surface area contributed by atoms with Crippen LogP contribution in [0.3, 0.4) is 0 Å². The number of anilines is 4. The van der Waals surface area contributed by atoms with Crippen molar-refractivity contribution in [3.05, 3.63) is 0 Å². The molecule has 2 aromatic rings. The number of rotatable bonds is 10. The zero-order valence-corrected chi connectivity index (χ0v) is 14.9. The highest BCUT2D eigenvalue weighted by Gasteiger charge is 2.17. The van der Waals surface area contributed by atoms with E-state index >= 15 is 0 Å². The molecule has 0 unspecified atom stereocenters. The smallest absolute Gasteiger partial charge is 0.228 e. The van der Waals surface area contributed by atoms with Gasteiger partial charge in [-0.25, -0.2) is 9.97 Å². The molecule has 0 aliphatic rings. The number of hydrogen-bond acceptors (Lipinski definition) is 10. The third-order valence-corrected chi connectivity index (χ3v) is 3.56. The summed E-state index contributed by atoms with van der Waals surface area (Å²) >= 11 is 0. The van der Waals surface area contributed by atoms with E-state index in [0.29, 0.717) is 47.7 Å². The normalized spacial score (nSPS) is 10.8. The minimum Gasteiger partial charge on any atom is -0.395 e. The van der Waals surface area contributed by atoms with E-state index in [0.717, 1.165) is 13.0 Å². The Hall–Kier alpha value is -2.46. The van der Waals surface area contributed by atoms with Crippen LogP contribution in [0.25, 0.3) is 11.0 Å². The number of hydrogen-bond donors (Lipinski definition) is 5. The van der Waals surface area contributed by atoms with Gasteiger partial charge in [0.15, 0.2) is 11.6 Å². The predicted octanol–water partition coefficient (Wildman–Crippen LogP) is 0.116. The van der Waals surface area contributed by atoms with Crippen molar-refractivity contribution in [1.82, 2.24) is 19.9 Å². The van der Waals surface area contributed by atoms with E-state index in [1.165, 1.54) is 0 Å². The van der Waals surface area contributed by atoms with Crippen LogP contribution in [0.2, 0.25) is 0 Å². The summed E-state index contributed by atoms with van der Waals surface area (Å²) in [5, 5.41) is 27.7. The molecule has 2 rings (SSSR count). The standard InChI is InChI=1S/C15H26N8O2/c1-4-5-18-14-19-10-11(12(16-2)21-14)20-15(22-13(10)17-3)23(6-8-24)7-9-25/h24-25H,4-9H2,1-3H3,(H,17,20,22)(H2,16,18,19,21). The zero-order valence-electron chi connectivity index (χ0n) is 14.9. The topological polar surface area (TPSA) is 131 Å². The fourth-order valence-corrected chi connectivity index (χ4v) is 2.36. The second kappa shape index (κ2) is 9.14. The maximum Gasteiger partial charge on any atom is 0.228 e. The summed E-state index contributed by atoms with van der Waals surface area (Å²) in [5.74, 6) is 2.04. The number of fused-ring (bicyclic) bond motifs is 1. The van der Waals surface area contributed by atoms with Gasteiger partial charge in [0.05, 0.1) is 13.2 Å². The predicted molar refractivity (Wildman–Crippen MR) is 99.4 cm³/mol. The molecular weight excluding hydrogens is 324 g/mol. The van der Waals surface area contributed by atoms with Gasteiger partial charge in [-0.1, -0.05) is 6.92 Å². The van der Waals surface area contributed by atoms with E-state index in [1.54, 1.807) is 19.0 Å². The Labute approximate surface area is 146 Å². The van der Waals surface area contributed by atoms with Crippen molar-refractivity contribution in [1.29, 1.82) is 0 Å². The third-order valence-electron chi connectivity index (χ3n) is 3.56. The minimum atomic E-state index is -0.0639. The molecule has 0 saturated carbocycles. The summed E-state index contributed by atoms with van der Waals surface area (Å²) < 4.78 is 0. The van der Waals surface area contributed by atoms with Gasteiger partial charge in [0.2, 0.25) is 11.9 Å². The molecule has 5 N–H and O–H groups in total. The summed E-state index contributed by atoms with van der Waals surface area (Å²) in [6.07, 6.45) is 0.960. The third kappa shape index (κ3) is 4.34. The van der Waals surface area contributed by atoms with E-state index in [1.807, 2.05) is 0 Å². The van der Waals surface area contributed by atoms with Gasteiger partial charge in [-0.15, -0.1) is 0 Å². The lowest BCUT2D eigenvalue weighted by Gasteiger charge is -2.22. The van der Waals surface area contributed by atoms with Crippen molar-refractivity contribution in [3.63, 3.8) is 0 Å². The number of aromatic nitrogens is 4. The fraction of sp³-hybridized carbons (Fsp3) is 0.600. The van der Waals surface area contributed by atoms with Crippen LogP contribution < -0.4 is 20.9 Å². The van der Waals surface area contributed by atoms with Crippen LogP contribution in [-0.4, -0.2) is 77.1 Å². The first-order valence-corrected chi connectivity index (χ1v) is 8.34. The molecule has 0 bridgehead atoms. The molecule has 0 aliphatic heterocycles. The molecule has 0 aliphatic carbocycles. The second-order valence-electron chi connectivity index (χ2n) is 5.33. The first kappa shape index (κ1) is 18.9. The van der Waals surface area contributed by atoms with Crippen LogP contribution in [0.15, 0.2) is 0 Å². The number of nitrogens with one attached hydrogen (secondary N) is 3. The van der Waals surface area contributed by atoms with Gasteiger partial charge < -0.3 is 31.1 Å². The number of aliphatic hydroxyl groups is 2. The van der Waals surface area contributed by atoms with Crippen LogP contribution in [-0.2, 0) is 0 Å². The van der Waals surface area contributed by atoms with Gasteiger partial charge in [0.25, 0.3) is 0 Å². The molecule has 0 amide bonds. The molecule has 0 fully saturated rings. The summed E-state index contributed by atoms with van der Waals surface area (Å²) in [4.78, 5) is 19.7. The Kier molecular flexibility index (Phi) is 6.90. The van der Waals surface area contributed by atoms with Gasteiger partial charge in [-0.05, 0) is 6.42 Å². The van der Waals surface area contributed by atoms with Crippen molar-refractivity contribution in [2.24, 2.45) is 0 Å². The summed E-state index contributed by atoms with van der Waals surface area (Å²) in [6.45, 7) is 3.35. The molecule has 0 spiro atoms. The van der Waals surface area contributed by atoms with Crippen molar-refractivity contribution in [2.45, 2.75) is 13.3 Å². The molecule has 0 atom stereocenters. The molecule has 138 valence electrons. The van der Waals surface area contributed by atoms with E-state index < -0.39 is 0 Å². The van der Waals surface area contributed by atoms with Crippen molar-refractivity contribution in [2.75, 3.05) is 67.8 Å². The lowest BCUT2D eigenvalue weighted by Crippen LogP contribution is -2.31. The largest absolute Gasteiger partial charge is 0.395 e. The van der Waals surface area contributed by atoms with E-state index in [-0.39, 0.29) is 13.2 Å². The summed E-state index contributed by atoms with van der Waals surface area (Å²) in [7, 11) is 3.53. The van der Waals surface area contributed by atoms with E-state index in [9.17, 15) is 10.2 Å². The lowest BCUT2D eigenvalue weighted by atomic mass is 10.3. The Balaban J connectivity index is 2.58. The maximum atomic E-state index is 9.24. The number of nitrogens with zero attached hydrogens (tertiary/aromatic N) is 5. The molecule has 10 heteroatoms. The summed E-state index contributed by atoms with van der Waals surface area (Å²) in [5.41, 5.74) is 1.16. The first-order chi connectivity index (χ1) is 12.2. The van der Waals surface area contributed by atoms with Crippen LogP contribution in [0.5, 0.6) is 0 Å². The second-order valence-corrected chi connectivity index (χ2v) is 5.33. The molecule has 0 radical (unpaired) electrons. The first-order valence-electron chi connectivity index (χ1n) is 8.34. The Morgan fingerprint density at radius 3 is 2.04 bits per heavy atom. The zero-order chi connectivity index (χ0) is 18.2. The lowest BCUT2D eigenvalue weighted by molar-refractivity contribution is 0.280. The number of aliphatic hydroxyl groups excluding tert-OH is 2. The Morgan fingerprint density at radius 2 is 1.48 bits per heavy atom. The highest BCUT2D eigenvalue weighted by Crippen LogP contribution is 2.27. The highest BCUT2D eigenvalue weighted by molar-refractivity contribution is 5.94.